The van der Waals surface area contributed by atoms with Crippen LogP contribution in [0.25, 0.3) is 4.85 Å². The molecular formula is C15H15N4O5+. The predicted octanol–water partition coefficient (Wildman–Crippen LogP) is 0.929. The van der Waals surface area contributed by atoms with Gasteiger partial charge in [-0.1, -0.05) is 0 Å². The summed E-state index contributed by atoms with van der Waals surface area (Å²) < 4.78 is 4.66. The van der Waals surface area contributed by atoms with Crippen LogP contribution in [0, 0.1) is 6.57 Å². The van der Waals surface area contributed by atoms with Crippen LogP contribution in [0.1, 0.15) is 16.1 Å². The van der Waals surface area contributed by atoms with Gasteiger partial charge in [0.05, 0.1) is 13.4 Å². The molecule has 1 amide bonds. The number of ether oxygens (including phenoxy) is 1. The van der Waals surface area contributed by atoms with Gasteiger partial charge in [-0.05, 0) is 4.85 Å². The van der Waals surface area contributed by atoms with E-state index in [0.717, 1.165) is 12.1 Å². The zero-order valence-corrected chi connectivity index (χ0v) is 12.7. The highest BCUT2D eigenvalue weighted by Crippen LogP contribution is 2.36. The number of hydrogen-bond donors (Lipinski definition) is 4. The Kier molecular flexibility index (Phi) is 5.01. The van der Waals surface area contributed by atoms with E-state index in [-0.39, 0.29) is 17.7 Å². The van der Waals surface area contributed by atoms with Crippen molar-refractivity contribution in [1.29, 1.82) is 0 Å². The number of phenolic OH excluding ortho intramolecular Hbond substituents is 2. The van der Waals surface area contributed by atoms with Gasteiger partial charge in [0.1, 0.15) is 6.04 Å². The van der Waals surface area contributed by atoms with Crippen LogP contribution in [-0.4, -0.2) is 45.2 Å². The minimum Gasteiger partial charge on any atom is -0.501 e. The highest BCUT2D eigenvalue weighted by Gasteiger charge is 2.26. The molecule has 1 atom stereocenters. The van der Waals surface area contributed by atoms with Crippen molar-refractivity contribution >= 4 is 17.6 Å². The lowest BCUT2D eigenvalue weighted by Gasteiger charge is -2.15. The SMILES string of the molecule is C#[N+]c1c(O)cc(C(=O)N[C@H](Cc2cnc[nH]2)C(=O)OC)cc1O. The highest BCUT2D eigenvalue weighted by atomic mass is 16.5. The standard InChI is InChI=1S/C15H14N4O5/c1-16-13-11(20)3-8(4-12(13)21)14(22)19-10(15(23)24-2)5-9-6-17-7-18-9/h1,3-4,6-7,10H,5H2,2H3,(H3-,17,18,19,20,21,22)/p+1/t10-/m1/s1. The smallest absolute Gasteiger partial charge is 0.422 e. The van der Waals surface area contributed by atoms with E-state index < -0.39 is 29.4 Å². The number of H-pyrrole nitrogens is 1. The summed E-state index contributed by atoms with van der Waals surface area (Å²) in [5, 5.41) is 21.9. The number of phenols is 2. The molecule has 0 radical (unpaired) electrons. The first kappa shape index (κ1) is 16.8. The second-order valence-corrected chi connectivity index (χ2v) is 4.82. The fourth-order valence-electron chi connectivity index (χ4n) is 2.06. The van der Waals surface area contributed by atoms with Crippen molar-refractivity contribution in [3.8, 4) is 18.1 Å². The number of imidazole rings is 1. The van der Waals surface area contributed by atoms with Crippen molar-refractivity contribution in [2.45, 2.75) is 12.5 Å². The summed E-state index contributed by atoms with van der Waals surface area (Å²) in [6.07, 6.45) is 3.08. The van der Waals surface area contributed by atoms with Gasteiger partial charge in [-0.3, -0.25) is 4.79 Å². The summed E-state index contributed by atoms with van der Waals surface area (Å²) in [6.45, 7) is 5.03. The van der Waals surface area contributed by atoms with Crippen LogP contribution in [0.5, 0.6) is 11.5 Å². The van der Waals surface area contributed by atoms with E-state index in [2.05, 4.69) is 24.9 Å². The average molecular weight is 331 g/mol. The molecule has 2 aromatic rings. The number of aromatic nitrogens is 2. The molecule has 0 aliphatic rings. The number of amides is 1. The molecule has 9 nitrogen and oxygen atoms in total. The van der Waals surface area contributed by atoms with Gasteiger partial charge in [-0.15, -0.1) is 0 Å². The van der Waals surface area contributed by atoms with Gasteiger partial charge in [0.15, 0.2) is 0 Å². The molecule has 4 N–H and O–H groups in total. The van der Waals surface area contributed by atoms with Gasteiger partial charge < -0.3 is 25.3 Å². The summed E-state index contributed by atoms with van der Waals surface area (Å²) in [5.41, 5.74) is 0.304. The molecule has 0 aliphatic carbocycles. The molecule has 124 valence electrons. The second kappa shape index (κ2) is 7.15. The van der Waals surface area contributed by atoms with Crippen LogP contribution >= 0.6 is 0 Å². The first-order valence-corrected chi connectivity index (χ1v) is 6.79. The molecule has 1 aromatic heterocycles. The lowest BCUT2D eigenvalue weighted by molar-refractivity contribution is -0.142. The Labute approximate surface area is 136 Å². The van der Waals surface area contributed by atoms with Crippen LogP contribution in [0.15, 0.2) is 24.7 Å². The lowest BCUT2D eigenvalue weighted by atomic mass is 10.1. The number of nitrogens with one attached hydrogen (secondary N) is 2. The van der Waals surface area contributed by atoms with E-state index in [0.29, 0.717) is 5.69 Å². The third-order valence-corrected chi connectivity index (χ3v) is 3.23. The number of rotatable bonds is 5. The van der Waals surface area contributed by atoms with E-state index >= 15 is 0 Å². The van der Waals surface area contributed by atoms with E-state index in [9.17, 15) is 19.8 Å². The van der Waals surface area contributed by atoms with Crippen molar-refractivity contribution in [3.05, 3.63) is 40.8 Å². The number of carbonyl (C=O) groups excluding carboxylic acids is 2. The number of benzene rings is 1. The Morgan fingerprint density at radius 3 is 2.58 bits per heavy atom. The average Bonchev–Trinajstić information content (AvgIpc) is 3.06. The molecule has 2 rings (SSSR count). The maximum atomic E-state index is 12.3. The Morgan fingerprint density at radius 2 is 2.08 bits per heavy atom. The van der Waals surface area contributed by atoms with Crippen LogP contribution in [-0.2, 0) is 16.0 Å². The van der Waals surface area contributed by atoms with Gasteiger partial charge in [-0.25, -0.2) is 9.78 Å². The van der Waals surface area contributed by atoms with E-state index in [1.165, 1.54) is 19.6 Å². The number of hydrogen-bond acceptors (Lipinski definition) is 6. The quantitative estimate of drug-likeness (QED) is 0.603. The maximum absolute atomic E-state index is 12.3. The monoisotopic (exact) mass is 331 g/mol. The Balaban J connectivity index is 2.21. The topological polar surface area (TPSA) is 129 Å². The Morgan fingerprint density at radius 1 is 1.42 bits per heavy atom. The van der Waals surface area contributed by atoms with Gasteiger partial charge in [0, 0.05) is 36.0 Å². The van der Waals surface area contributed by atoms with E-state index in [1.807, 2.05) is 0 Å². The van der Waals surface area contributed by atoms with Crippen LogP contribution in [0.2, 0.25) is 0 Å². The second-order valence-electron chi connectivity index (χ2n) is 4.82. The number of nitrogens with zero attached hydrogens (tertiary/aromatic N) is 2. The summed E-state index contributed by atoms with van der Waals surface area (Å²) in [5.74, 6) is -2.28. The minimum atomic E-state index is -0.980. The van der Waals surface area contributed by atoms with Crippen molar-refractivity contribution in [3.63, 3.8) is 0 Å². The molecular weight excluding hydrogens is 316 g/mol. The van der Waals surface area contributed by atoms with Crippen molar-refractivity contribution < 1.29 is 24.5 Å². The molecule has 0 aliphatic heterocycles. The normalized spacial score (nSPS) is 11.3. The first-order valence-electron chi connectivity index (χ1n) is 6.79. The zero-order valence-electron chi connectivity index (χ0n) is 12.7. The number of carbonyl (C=O) groups is 2. The molecule has 0 fully saturated rings. The number of esters is 1. The number of methoxy groups -OCH3 is 1. The van der Waals surface area contributed by atoms with Crippen molar-refractivity contribution in [2.24, 2.45) is 0 Å². The molecule has 1 aromatic carbocycles. The molecule has 1 heterocycles. The molecule has 9 heteroatoms. The molecule has 0 bridgehead atoms. The number of aromatic amines is 1. The third kappa shape index (κ3) is 3.61. The summed E-state index contributed by atoms with van der Waals surface area (Å²) >= 11 is 0. The van der Waals surface area contributed by atoms with E-state index in [1.54, 1.807) is 0 Å². The Hall–Kier alpha value is -3.54. The molecule has 24 heavy (non-hydrogen) atoms. The van der Waals surface area contributed by atoms with Gasteiger partial charge in [0.2, 0.25) is 11.5 Å². The van der Waals surface area contributed by atoms with Gasteiger partial charge in [0.25, 0.3) is 12.5 Å². The van der Waals surface area contributed by atoms with Gasteiger partial charge >= 0.3 is 11.7 Å². The fourth-order valence-corrected chi connectivity index (χ4v) is 2.06. The highest BCUT2D eigenvalue weighted by molar-refractivity contribution is 5.98. The van der Waals surface area contributed by atoms with E-state index in [4.69, 9.17) is 6.57 Å². The van der Waals surface area contributed by atoms with Crippen molar-refractivity contribution in [1.82, 2.24) is 15.3 Å². The van der Waals surface area contributed by atoms with Crippen molar-refractivity contribution in [2.75, 3.05) is 7.11 Å². The minimum absolute atomic E-state index is 0.0732. The summed E-state index contributed by atoms with van der Waals surface area (Å²) in [6, 6.07) is 1.17. The molecule has 0 saturated heterocycles. The molecule has 0 spiro atoms. The summed E-state index contributed by atoms with van der Waals surface area (Å²) in [7, 11) is 1.20. The number of aromatic hydroxyl groups is 2. The maximum Gasteiger partial charge on any atom is 0.422 e. The first-order chi connectivity index (χ1) is 11.5. The van der Waals surface area contributed by atoms with Gasteiger partial charge in [-0.2, -0.15) is 0 Å². The zero-order chi connectivity index (χ0) is 17.7. The summed E-state index contributed by atoms with van der Waals surface area (Å²) in [4.78, 5) is 34.0. The lowest BCUT2D eigenvalue weighted by Crippen LogP contribution is -2.43. The molecule has 0 saturated carbocycles. The molecule has 0 unspecified atom stereocenters. The predicted molar refractivity (Wildman–Crippen MR) is 83.3 cm³/mol. The van der Waals surface area contributed by atoms with Crippen LogP contribution in [0.4, 0.5) is 5.69 Å². The third-order valence-electron chi connectivity index (χ3n) is 3.23. The largest absolute Gasteiger partial charge is 0.501 e. The fraction of sp³-hybridized carbons (Fsp3) is 0.200. The van der Waals surface area contributed by atoms with Crippen LogP contribution < -0.4 is 5.32 Å². The van der Waals surface area contributed by atoms with Crippen LogP contribution in [0.3, 0.4) is 0 Å². The Bertz CT molecular complexity index is 772.